The number of rotatable bonds is 5. The number of anilines is 1. The number of nitrogens with one attached hydrogen (secondary N) is 1. The largest absolute Gasteiger partial charge is 0.481 e. The Bertz CT molecular complexity index is 1250. The average molecular weight is 450 g/mol. The maximum atomic E-state index is 12.9. The first-order valence-electron chi connectivity index (χ1n) is 10.5. The molecule has 2 amide bonds. The quantitative estimate of drug-likeness (QED) is 0.500. The number of benzene rings is 1. The second-order valence-electron chi connectivity index (χ2n) is 7.68. The van der Waals surface area contributed by atoms with Crippen LogP contribution < -0.4 is 10.1 Å². The summed E-state index contributed by atoms with van der Waals surface area (Å²) in [6, 6.07) is 11.5. The molecule has 0 atom stereocenters. The zero-order chi connectivity index (χ0) is 21.9. The van der Waals surface area contributed by atoms with Gasteiger partial charge in [0.25, 0.3) is 0 Å². The van der Waals surface area contributed by atoms with Gasteiger partial charge in [-0.3, -0.25) is 9.88 Å². The first kappa shape index (κ1) is 20.5. The summed E-state index contributed by atoms with van der Waals surface area (Å²) in [4.78, 5) is 25.8. The van der Waals surface area contributed by atoms with Gasteiger partial charge < -0.3 is 15.0 Å². The molecular formula is C22H23N7O2S. The van der Waals surface area contributed by atoms with Crippen LogP contribution in [0.25, 0.3) is 22.1 Å². The monoisotopic (exact) mass is 449 g/mol. The molecule has 1 fully saturated rings. The number of carbonyl (C=O) groups is 1. The summed E-state index contributed by atoms with van der Waals surface area (Å²) >= 11 is 1.25. The fraction of sp³-hybridized carbons (Fsp3) is 0.318. The highest BCUT2D eigenvalue weighted by molar-refractivity contribution is 7.00. The number of piperazine rings is 1. The molecule has 0 unspecified atom stereocenters. The summed E-state index contributed by atoms with van der Waals surface area (Å²) in [5.41, 5.74) is 5.14. The Morgan fingerprint density at radius 1 is 1.06 bits per heavy atom. The van der Waals surface area contributed by atoms with Gasteiger partial charge in [-0.15, -0.1) is 0 Å². The Hall–Kier alpha value is -3.37. The number of amides is 2. The number of urea groups is 1. The molecule has 0 saturated carbocycles. The minimum atomic E-state index is -0.122. The van der Waals surface area contributed by atoms with Gasteiger partial charge in [0.2, 0.25) is 5.88 Å². The Balaban J connectivity index is 1.16. The van der Waals surface area contributed by atoms with Crippen molar-refractivity contribution in [2.75, 3.05) is 45.2 Å². The molecule has 0 spiro atoms. The van der Waals surface area contributed by atoms with Crippen LogP contribution in [-0.4, -0.2) is 74.4 Å². The molecule has 0 aliphatic carbocycles. The van der Waals surface area contributed by atoms with E-state index in [-0.39, 0.29) is 6.03 Å². The molecule has 1 N–H and O–H groups in total. The zero-order valence-electron chi connectivity index (χ0n) is 17.7. The lowest BCUT2D eigenvalue weighted by Crippen LogP contribution is -2.50. The van der Waals surface area contributed by atoms with Crippen LogP contribution in [0.4, 0.5) is 10.5 Å². The van der Waals surface area contributed by atoms with E-state index in [0.717, 1.165) is 37.1 Å². The number of hydrogen-bond acceptors (Lipinski definition) is 8. The molecule has 5 rings (SSSR count). The first-order chi connectivity index (χ1) is 15.7. The van der Waals surface area contributed by atoms with E-state index >= 15 is 0 Å². The Morgan fingerprint density at radius 2 is 1.88 bits per heavy atom. The topological polar surface area (TPSA) is 96.4 Å². The molecule has 1 aliphatic heterocycles. The molecule has 4 aromatic rings. The molecule has 3 aromatic heterocycles. The van der Waals surface area contributed by atoms with Crippen molar-refractivity contribution in [3.63, 3.8) is 0 Å². The number of fused-ring (bicyclic) bond motifs is 2. The number of aromatic nitrogens is 4. The summed E-state index contributed by atoms with van der Waals surface area (Å²) in [6.07, 6.45) is 2.62. The third kappa shape index (κ3) is 4.32. The minimum absolute atomic E-state index is 0.122. The molecule has 1 saturated heterocycles. The van der Waals surface area contributed by atoms with Gasteiger partial charge >= 0.3 is 6.03 Å². The van der Waals surface area contributed by atoms with Crippen molar-refractivity contribution in [2.45, 2.75) is 6.42 Å². The van der Waals surface area contributed by atoms with Gasteiger partial charge in [0.05, 0.1) is 30.0 Å². The van der Waals surface area contributed by atoms with Crippen LogP contribution in [0.15, 0.2) is 42.6 Å². The van der Waals surface area contributed by atoms with Crippen LogP contribution in [0.3, 0.4) is 0 Å². The zero-order valence-corrected chi connectivity index (χ0v) is 18.5. The fourth-order valence-electron chi connectivity index (χ4n) is 3.86. The SMILES string of the molecule is COc1ccc2nccc(NC(=O)N3CCN(CCc4ccc5nsnc5c4)CC3)c2n1. The highest BCUT2D eigenvalue weighted by atomic mass is 32.1. The number of ether oxygens (including phenoxy) is 1. The molecule has 164 valence electrons. The molecule has 1 aliphatic rings. The van der Waals surface area contributed by atoms with Gasteiger partial charge in [0.15, 0.2) is 0 Å². The van der Waals surface area contributed by atoms with Crippen molar-refractivity contribution < 1.29 is 9.53 Å². The molecule has 10 heteroatoms. The van der Waals surface area contributed by atoms with E-state index in [4.69, 9.17) is 4.74 Å². The second-order valence-corrected chi connectivity index (χ2v) is 8.20. The van der Waals surface area contributed by atoms with Crippen LogP contribution >= 0.6 is 11.7 Å². The third-order valence-electron chi connectivity index (χ3n) is 5.70. The molecule has 9 nitrogen and oxygen atoms in total. The van der Waals surface area contributed by atoms with Gasteiger partial charge in [0, 0.05) is 45.0 Å². The lowest BCUT2D eigenvalue weighted by Gasteiger charge is -2.34. The van der Waals surface area contributed by atoms with Crippen molar-refractivity contribution >= 4 is 45.5 Å². The lowest BCUT2D eigenvalue weighted by molar-refractivity contribution is 0.148. The molecule has 0 bridgehead atoms. The van der Waals surface area contributed by atoms with Gasteiger partial charge in [-0.25, -0.2) is 9.78 Å². The predicted molar refractivity (Wildman–Crippen MR) is 124 cm³/mol. The highest BCUT2D eigenvalue weighted by Crippen LogP contribution is 2.23. The Morgan fingerprint density at radius 3 is 2.72 bits per heavy atom. The van der Waals surface area contributed by atoms with Crippen molar-refractivity contribution in [3.05, 3.63) is 48.2 Å². The van der Waals surface area contributed by atoms with E-state index < -0.39 is 0 Å². The maximum absolute atomic E-state index is 12.9. The molecule has 32 heavy (non-hydrogen) atoms. The normalized spacial score (nSPS) is 14.7. The molecule has 4 heterocycles. The fourth-order valence-corrected chi connectivity index (χ4v) is 4.38. The smallest absolute Gasteiger partial charge is 0.321 e. The van der Waals surface area contributed by atoms with Crippen molar-refractivity contribution in [1.82, 2.24) is 28.5 Å². The lowest BCUT2D eigenvalue weighted by atomic mass is 10.1. The highest BCUT2D eigenvalue weighted by Gasteiger charge is 2.22. The Kier molecular flexibility index (Phi) is 5.78. The Labute approximate surface area is 189 Å². The summed E-state index contributed by atoms with van der Waals surface area (Å²) in [5, 5.41) is 2.99. The summed E-state index contributed by atoms with van der Waals surface area (Å²) < 4.78 is 13.8. The first-order valence-corrected chi connectivity index (χ1v) is 11.2. The predicted octanol–water partition coefficient (Wildman–Crippen LogP) is 3.04. The number of hydrogen-bond donors (Lipinski definition) is 1. The number of methoxy groups -OCH3 is 1. The summed E-state index contributed by atoms with van der Waals surface area (Å²) in [7, 11) is 1.57. The van der Waals surface area contributed by atoms with Crippen molar-refractivity contribution in [1.29, 1.82) is 0 Å². The summed E-state index contributed by atoms with van der Waals surface area (Å²) in [5.74, 6) is 0.486. The summed E-state index contributed by atoms with van der Waals surface area (Å²) in [6.45, 7) is 4.01. The number of nitrogens with zero attached hydrogens (tertiary/aromatic N) is 6. The third-order valence-corrected chi connectivity index (χ3v) is 6.26. The van der Waals surface area contributed by atoms with E-state index in [0.29, 0.717) is 35.7 Å². The van der Waals surface area contributed by atoms with Crippen molar-refractivity contribution in [2.24, 2.45) is 0 Å². The van der Waals surface area contributed by atoms with Gasteiger partial charge in [-0.1, -0.05) is 6.07 Å². The molecular weight excluding hydrogens is 426 g/mol. The second kappa shape index (κ2) is 9.01. The average Bonchev–Trinajstić information content (AvgIpc) is 3.31. The van der Waals surface area contributed by atoms with E-state index in [9.17, 15) is 4.79 Å². The molecule has 0 radical (unpaired) electrons. The van der Waals surface area contributed by atoms with E-state index in [1.165, 1.54) is 17.3 Å². The van der Waals surface area contributed by atoms with Crippen LogP contribution in [0, 0.1) is 0 Å². The van der Waals surface area contributed by atoms with E-state index in [2.05, 4.69) is 41.1 Å². The molecule has 1 aromatic carbocycles. The van der Waals surface area contributed by atoms with Crippen LogP contribution in [-0.2, 0) is 6.42 Å². The van der Waals surface area contributed by atoms with Gasteiger partial charge in [-0.05, 0) is 36.2 Å². The van der Waals surface area contributed by atoms with Gasteiger partial charge in [0.1, 0.15) is 16.6 Å². The van der Waals surface area contributed by atoms with E-state index in [1.54, 1.807) is 25.4 Å². The van der Waals surface area contributed by atoms with Crippen LogP contribution in [0.5, 0.6) is 5.88 Å². The standard InChI is InChI=1S/C22H23N7O2S/c1-31-20-5-4-17-21(25-20)18(6-8-23-17)24-22(30)29-12-10-28(11-13-29)9-7-15-2-3-16-19(14-15)27-32-26-16/h2-6,8,14H,7,9-13H2,1H3,(H,23,24,30). The number of pyridine rings is 2. The van der Waals surface area contributed by atoms with Gasteiger partial charge in [-0.2, -0.15) is 8.75 Å². The van der Waals surface area contributed by atoms with Crippen LogP contribution in [0.2, 0.25) is 0 Å². The van der Waals surface area contributed by atoms with Crippen molar-refractivity contribution in [3.8, 4) is 5.88 Å². The number of carbonyl (C=O) groups excluding carboxylic acids is 1. The minimum Gasteiger partial charge on any atom is -0.481 e. The maximum Gasteiger partial charge on any atom is 0.321 e. The van der Waals surface area contributed by atoms with Crippen LogP contribution in [0.1, 0.15) is 5.56 Å². The van der Waals surface area contributed by atoms with E-state index in [1.807, 2.05) is 17.0 Å².